The van der Waals surface area contributed by atoms with Gasteiger partial charge in [-0.05, 0) is 25.1 Å². The largest absolute Gasteiger partial charge is 0.462 e. The van der Waals surface area contributed by atoms with Crippen LogP contribution in [0.5, 0.6) is 0 Å². The van der Waals surface area contributed by atoms with Gasteiger partial charge in [-0.2, -0.15) is 0 Å². The quantitative estimate of drug-likeness (QED) is 0.505. The highest BCUT2D eigenvalue weighted by Crippen LogP contribution is 2.23. The number of ether oxygens (including phenoxy) is 1. The molecule has 1 N–H and O–H groups in total. The SMILES string of the molecule is CCOC(=O)c1cc(C(=O)Nc2ccccc2Cl)cc([N+](=O)[O-])c1. The zero-order valence-electron chi connectivity index (χ0n) is 12.6. The van der Waals surface area contributed by atoms with Crippen molar-refractivity contribution in [3.8, 4) is 0 Å². The summed E-state index contributed by atoms with van der Waals surface area (Å²) in [6, 6.07) is 9.93. The number of anilines is 1. The molecule has 1 amide bonds. The van der Waals surface area contributed by atoms with E-state index in [1.54, 1.807) is 31.2 Å². The fourth-order valence-corrected chi connectivity index (χ4v) is 2.12. The van der Waals surface area contributed by atoms with Gasteiger partial charge in [0.1, 0.15) is 0 Å². The van der Waals surface area contributed by atoms with Gasteiger partial charge in [0.05, 0.1) is 27.8 Å². The summed E-state index contributed by atoms with van der Waals surface area (Å²) in [5.74, 6) is -1.37. The third kappa shape index (κ3) is 4.08. The summed E-state index contributed by atoms with van der Waals surface area (Å²) >= 11 is 5.96. The van der Waals surface area contributed by atoms with Crippen LogP contribution in [0.3, 0.4) is 0 Å². The van der Waals surface area contributed by atoms with E-state index in [4.69, 9.17) is 16.3 Å². The minimum atomic E-state index is -0.743. The maximum atomic E-state index is 12.3. The number of benzene rings is 2. The summed E-state index contributed by atoms with van der Waals surface area (Å²) < 4.78 is 4.82. The molecule has 0 bridgehead atoms. The Balaban J connectivity index is 2.37. The Hall–Kier alpha value is -2.93. The van der Waals surface area contributed by atoms with E-state index in [0.29, 0.717) is 10.7 Å². The number of hydrogen-bond acceptors (Lipinski definition) is 5. The van der Waals surface area contributed by atoms with E-state index in [1.807, 2.05) is 0 Å². The molecule has 0 aliphatic carbocycles. The summed E-state index contributed by atoms with van der Waals surface area (Å²) in [6.45, 7) is 1.73. The molecule has 0 saturated carbocycles. The highest BCUT2D eigenvalue weighted by molar-refractivity contribution is 6.33. The van der Waals surface area contributed by atoms with Gasteiger partial charge in [-0.1, -0.05) is 23.7 Å². The van der Waals surface area contributed by atoms with Crippen LogP contribution in [0.15, 0.2) is 42.5 Å². The van der Waals surface area contributed by atoms with Crippen LogP contribution >= 0.6 is 11.6 Å². The Morgan fingerprint density at radius 1 is 1.21 bits per heavy atom. The zero-order chi connectivity index (χ0) is 17.7. The molecule has 0 radical (unpaired) electrons. The molecule has 0 atom stereocenters. The number of amides is 1. The third-order valence-corrected chi connectivity index (χ3v) is 3.35. The van der Waals surface area contributed by atoms with Crippen LogP contribution in [0.1, 0.15) is 27.6 Å². The molecule has 2 aromatic rings. The van der Waals surface area contributed by atoms with Crippen LogP contribution in [0.2, 0.25) is 5.02 Å². The lowest BCUT2D eigenvalue weighted by Gasteiger charge is -2.08. The van der Waals surface area contributed by atoms with Gasteiger partial charge in [-0.15, -0.1) is 0 Å². The predicted molar refractivity (Wildman–Crippen MR) is 88.5 cm³/mol. The minimum absolute atomic E-state index is 0.0489. The molecule has 0 spiro atoms. The van der Waals surface area contributed by atoms with E-state index < -0.39 is 16.8 Å². The standard InChI is InChI=1S/C16H13ClN2O5/c1-2-24-16(21)11-7-10(8-12(9-11)19(22)23)15(20)18-14-6-4-3-5-13(14)17/h3-9H,2H2,1H3,(H,18,20). The fourth-order valence-electron chi connectivity index (χ4n) is 1.94. The molecule has 0 fully saturated rings. The lowest BCUT2D eigenvalue weighted by atomic mass is 10.1. The first-order valence-electron chi connectivity index (χ1n) is 6.95. The van der Waals surface area contributed by atoms with Crippen molar-refractivity contribution in [1.82, 2.24) is 0 Å². The second-order valence-corrected chi connectivity index (χ2v) is 5.09. The summed E-state index contributed by atoms with van der Waals surface area (Å²) in [5, 5.41) is 13.9. The number of nitrogens with one attached hydrogen (secondary N) is 1. The average Bonchev–Trinajstić information content (AvgIpc) is 2.56. The Labute approximate surface area is 142 Å². The molecule has 2 rings (SSSR count). The number of nitrogens with zero attached hydrogens (tertiary/aromatic N) is 1. The van der Waals surface area contributed by atoms with E-state index in [9.17, 15) is 19.7 Å². The van der Waals surface area contributed by atoms with Crippen molar-refractivity contribution in [1.29, 1.82) is 0 Å². The van der Waals surface area contributed by atoms with Crippen molar-refractivity contribution in [2.45, 2.75) is 6.92 Å². The van der Waals surface area contributed by atoms with E-state index in [1.165, 1.54) is 6.07 Å². The summed E-state index contributed by atoms with van der Waals surface area (Å²) in [4.78, 5) is 34.5. The van der Waals surface area contributed by atoms with Crippen LogP contribution in [0.25, 0.3) is 0 Å². The van der Waals surface area contributed by atoms with Crippen molar-refractivity contribution in [2.24, 2.45) is 0 Å². The lowest BCUT2D eigenvalue weighted by Crippen LogP contribution is -2.14. The highest BCUT2D eigenvalue weighted by atomic mass is 35.5. The molecule has 0 aliphatic rings. The molecule has 0 unspecified atom stereocenters. The van der Waals surface area contributed by atoms with Gasteiger partial charge in [0.15, 0.2) is 0 Å². The first-order valence-corrected chi connectivity index (χ1v) is 7.32. The molecule has 0 saturated heterocycles. The second kappa shape index (κ2) is 7.56. The van der Waals surface area contributed by atoms with Gasteiger partial charge >= 0.3 is 5.97 Å². The number of nitro benzene ring substituents is 1. The van der Waals surface area contributed by atoms with Gasteiger partial charge < -0.3 is 10.1 Å². The molecule has 0 aliphatic heterocycles. The van der Waals surface area contributed by atoms with Crippen molar-refractivity contribution in [3.63, 3.8) is 0 Å². The topological polar surface area (TPSA) is 98.5 Å². The first-order chi connectivity index (χ1) is 11.4. The number of rotatable bonds is 5. The lowest BCUT2D eigenvalue weighted by molar-refractivity contribution is -0.384. The van der Waals surface area contributed by atoms with Crippen LogP contribution in [0.4, 0.5) is 11.4 Å². The summed E-state index contributed by atoms with van der Waals surface area (Å²) in [6.07, 6.45) is 0. The van der Waals surface area contributed by atoms with Crippen molar-refractivity contribution in [2.75, 3.05) is 11.9 Å². The molecular formula is C16H13ClN2O5. The van der Waals surface area contributed by atoms with E-state index >= 15 is 0 Å². The number of hydrogen-bond donors (Lipinski definition) is 1. The summed E-state index contributed by atoms with van der Waals surface area (Å²) in [5.41, 5.74) is -0.152. The fraction of sp³-hybridized carbons (Fsp3) is 0.125. The molecule has 0 aromatic heterocycles. The maximum Gasteiger partial charge on any atom is 0.338 e. The maximum absolute atomic E-state index is 12.3. The molecule has 0 heterocycles. The highest BCUT2D eigenvalue weighted by Gasteiger charge is 2.19. The number of esters is 1. The van der Waals surface area contributed by atoms with E-state index in [2.05, 4.69) is 5.32 Å². The number of carbonyl (C=O) groups excluding carboxylic acids is 2. The second-order valence-electron chi connectivity index (χ2n) is 4.68. The van der Waals surface area contributed by atoms with Gasteiger partial charge in [0, 0.05) is 17.7 Å². The van der Waals surface area contributed by atoms with Gasteiger partial charge in [-0.3, -0.25) is 14.9 Å². The Bertz CT molecular complexity index is 807. The van der Waals surface area contributed by atoms with Gasteiger partial charge in [0.2, 0.25) is 0 Å². The number of nitro groups is 1. The zero-order valence-corrected chi connectivity index (χ0v) is 13.4. The number of carbonyl (C=O) groups is 2. The molecule has 8 heteroatoms. The Morgan fingerprint density at radius 3 is 2.50 bits per heavy atom. The van der Waals surface area contributed by atoms with E-state index in [-0.39, 0.29) is 23.4 Å². The molecule has 7 nitrogen and oxygen atoms in total. The van der Waals surface area contributed by atoms with Gasteiger partial charge in [0.25, 0.3) is 11.6 Å². The number of halogens is 1. The van der Waals surface area contributed by atoms with Crippen LogP contribution in [-0.2, 0) is 4.74 Å². The Kier molecular flexibility index (Phi) is 5.49. The Morgan fingerprint density at radius 2 is 1.88 bits per heavy atom. The number of para-hydroxylation sites is 1. The molecule has 24 heavy (non-hydrogen) atoms. The smallest absolute Gasteiger partial charge is 0.338 e. The third-order valence-electron chi connectivity index (χ3n) is 3.02. The van der Waals surface area contributed by atoms with Crippen molar-refractivity contribution >= 4 is 34.9 Å². The first kappa shape index (κ1) is 17.4. The monoisotopic (exact) mass is 348 g/mol. The van der Waals surface area contributed by atoms with Crippen molar-refractivity contribution in [3.05, 3.63) is 68.7 Å². The average molecular weight is 349 g/mol. The van der Waals surface area contributed by atoms with Crippen molar-refractivity contribution < 1.29 is 19.2 Å². The van der Waals surface area contributed by atoms with Crippen LogP contribution in [-0.4, -0.2) is 23.4 Å². The predicted octanol–water partition coefficient (Wildman–Crippen LogP) is 3.68. The number of non-ortho nitro benzene ring substituents is 1. The van der Waals surface area contributed by atoms with E-state index in [0.717, 1.165) is 12.1 Å². The van der Waals surface area contributed by atoms with Crippen LogP contribution in [0, 0.1) is 10.1 Å². The molecular weight excluding hydrogens is 336 g/mol. The van der Waals surface area contributed by atoms with Gasteiger partial charge in [-0.25, -0.2) is 4.79 Å². The molecule has 124 valence electrons. The normalized spacial score (nSPS) is 10.1. The van der Waals surface area contributed by atoms with Crippen LogP contribution < -0.4 is 5.32 Å². The molecule has 2 aromatic carbocycles. The summed E-state index contributed by atoms with van der Waals surface area (Å²) in [7, 11) is 0. The minimum Gasteiger partial charge on any atom is -0.462 e.